The van der Waals surface area contributed by atoms with Gasteiger partial charge in [0.05, 0.1) is 18.1 Å². The number of carbonyl (C=O) groups excluding carboxylic acids is 1. The van der Waals surface area contributed by atoms with Gasteiger partial charge in [-0.3, -0.25) is 4.90 Å². The second-order valence-corrected chi connectivity index (χ2v) is 2.83. The first-order chi connectivity index (χ1) is 6.38. The first kappa shape index (κ1) is 7.97. The summed E-state index contributed by atoms with van der Waals surface area (Å²) >= 11 is 0. The van der Waals surface area contributed by atoms with Crippen LogP contribution in [0.1, 0.15) is 6.42 Å². The zero-order valence-corrected chi connectivity index (χ0v) is 7.10. The summed E-state index contributed by atoms with van der Waals surface area (Å²) in [7, 11) is 0. The summed E-state index contributed by atoms with van der Waals surface area (Å²) in [6, 6.07) is -0.0685. The Labute approximate surface area is 75.8 Å². The van der Waals surface area contributed by atoms with Crippen molar-refractivity contribution in [1.82, 2.24) is 15.3 Å². The summed E-state index contributed by atoms with van der Waals surface area (Å²) in [5.74, 6) is 0. The molecule has 1 aromatic rings. The second kappa shape index (κ2) is 3.38. The highest BCUT2D eigenvalue weighted by Crippen LogP contribution is 2.12. The predicted molar refractivity (Wildman–Crippen MR) is 47.4 cm³/mol. The lowest BCUT2D eigenvalue weighted by atomic mass is 10.3. The first-order valence-electron chi connectivity index (χ1n) is 4.18. The monoisotopic (exact) mass is 178 g/mol. The standard InChI is InChI=1S/C8H10N4O/c13-8-11-2-1-3-12(8)7-4-9-6-10-5-7/h4-6H,1-3H2,(H,11,13). The lowest BCUT2D eigenvalue weighted by Crippen LogP contribution is -2.46. The Morgan fingerprint density at radius 1 is 1.38 bits per heavy atom. The zero-order chi connectivity index (χ0) is 9.10. The molecule has 1 fully saturated rings. The fraction of sp³-hybridized carbons (Fsp3) is 0.375. The van der Waals surface area contributed by atoms with Gasteiger partial charge in [0, 0.05) is 13.1 Å². The number of aromatic nitrogens is 2. The summed E-state index contributed by atoms with van der Waals surface area (Å²) < 4.78 is 0. The van der Waals surface area contributed by atoms with E-state index in [4.69, 9.17) is 0 Å². The van der Waals surface area contributed by atoms with Crippen molar-refractivity contribution >= 4 is 11.7 Å². The highest BCUT2D eigenvalue weighted by atomic mass is 16.2. The molecular formula is C8H10N4O. The number of hydrogen-bond donors (Lipinski definition) is 1. The van der Waals surface area contributed by atoms with E-state index in [1.165, 1.54) is 6.33 Å². The zero-order valence-electron chi connectivity index (χ0n) is 7.10. The van der Waals surface area contributed by atoms with E-state index in [2.05, 4.69) is 15.3 Å². The number of rotatable bonds is 1. The molecule has 2 heterocycles. The molecule has 5 nitrogen and oxygen atoms in total. The lowest BCUT2D eigenvalue weighted by Gasteiger charge is -2.26. The minimum atomic E-state index is -0.0685. The summed E-state index contributed by atoms with van der Waals surface area (Å²) in [4.78, 5) is 20.7. The van der Waals surface area contributed by atoms with Crippen LogP contribution in [0.5, 0.6) is 0 Å². The maximum Gasteiger partial charge on any atom is 0.321 e. The molecule has 0 radical (unpaired) electrons. The minimum absolute atomic E-state index is 0.0685. The van der Waals surface area contributed by atoms with E-state index in [0.717, 1.165) is 25.2 Å². The smallest absolute Gasteiger partial charge is 0.321 e. The van der Waals surface area contributed by atoms with Gasteiger partial charge in [0.15, 0.2) is 0 Å². The van der Waals surface area contributed by atoms with E-state index in [1.54, 1.807) is 17.3 Å². The Morgan fingerprint density at radius 2 is 2.15 bits per heavy atom. The van der Waals surface area contributed by atoms with Gasteiger partial charge < -0.3 is 5.32 Å². The molecule has 5 heteroatoms. The molecule has 13 heavy (non-hydrogen) atoms. The predicted octanol–water partition coefficient (Wildman–Crippen LogP) is 0.396. The Hall–Kier alpha value is -1.65. The van der Waals surface area contributed by atoms with Crippen molar-refractivity contribution in [3.8, 4) is 0 Å². The normalized spacial score (nSPS) is 16.9. The molecule has 0 aliphatic carbocycles. The molecule has 0 spiro atoms. The van der Waals surface area contributed by atoms with Crippen LogP contribution in [0.4, 0.5) is 10.5 Å². The number of anilines is 1. The number of nitrogens with one attached hydrogen (secondary N) is 1. The number of nitrogens with zero attached hydrogens (tertiary/aromatic N) is 3. The van der Waals surface area contributed by atoms with Crippen LogP contribution in [0.25, 0.3) is 0 Å². The number of urea groups is 1. The van der Waals surface area contributed by atoms with Crippen molar-refractivity contribution in [1.29, 1.82) is 0 Å². The molecule has 1 saturated heterocycles. The van der Waals surface area contributed by atoms with Crippen molar-refractivity contribution in [2.45, 2.75) is 6.42 Å². The highest BCUT2D eigenvalue weighted by molar-refractivity contribution is 5.92. The molecule has 2 rings (SSSR count). The Kier molecular flexibility index (Phi) is 2.08. The molecule has 1 aromatic heterocycles. The van der Waals surface area contributed by atoms with Gasteiger partial charge in [0.2, 0.25) is 0 Å². The molecule has 1 aliphatic heterocycles. The van der Waals surface area contributed by atoms with E-state index in [0.29, 0.717) is 0 Å². The average Bonchev–Trinajstić information content (AvgIpc) is 2.20. The topological polar surface area (TPSA) is 58.1 Å². The van der Waals surface area contributed by atoms with Gasteiger partial charge in [-0.25, -0.2) is 14.8 Å². The van der Waals surface area contributed by atoms with Gasteiger partial charge in [-0.1, -0.05) is 0 Å². The summed E-state index contributed by atoms with van der Waals surface area (Å²) in [5.41, 5.74) is 0.750. The Morgan fingerprint density at radius 3 is 2.85 bits per heavy atom. The largest absolute Gasteiger partial charge is 0.338 e. The maximum atomic E-state index is 11.4. The summed E-state index contributed by atoms with van der Waals surface area (Å²) in [5, 5.41) is 2.76. The fourth-order valence-electron chi connectivity index (χ4n) is 1.31. The molecule has 0 atom stereocenters. The molecule has 1 N–H and O–H groups in total. The third-order valence-electron chi connectivity index (χ3n) is 1.94. The fourth-order valence-corrected chi connectivity index (χ4v) is 1.31. The maximum absolute atomic E-state index is 11.4. The van der Waals surface area contributed by atoms with Crippen LogP contribution < -0.4 is 10.2 Å². The molecule has 0 bridgehead atoms. The van der Waals surface area contributed by atoms with E-state index in [-0.39, 0.29) is 6.03 Å². The van der Waals surface area contributed by atoms with E-state index >= 15 is 0 Å². The van der Waals surface area contributed by atoms with E-state index in [1.807, 2.05) is 0 Å². The van der Waals surface area contributed by atoms with Crippen LogP contribution in [-0.4, -0.2) is 29.1 Å². The van der Waals surface area contributed by atoms with Crippen LogP contribution in [-0.2, 0) is 0 Å². The number of hydrogen-bond acceptors (Lipinski definition) is 3. The summed E-state index contributed by atoms with van der Waals surface area (Å²) in [6.07, 6.45) is 5.68. The molecule has 68 valence electrons. The second-order valence-electron chi connectivity index (χ2n) is 2.83. The van der Waals surface area contributed by atoms with Crippen molar-refractivity contribution in [2.24, 2.45) is 0 Å². The van der Waals surface area contributed by atoms with Gasteiger partial charge in [-0.2, -0.15) is 0 Å². The Bertz CT molecular complexity index is 300. The van der Waals surface area contributed by atoms with Crippen molar-refractivity contribution in [2.75, 3.05) is 18.0 Å². The Balaban J connectivity index is 2.20. The van der Waals surface area contributed by atoms with E-state index in [9.17, 15) is 4.79 Å². The van der Waals surface area contributed by atoms with Crippen LogP contribution in [0.2, 0.25) is 0 Å². The third-order valence-corrected chi connectivity index (χ3v) is 1.94. The minimum Gasteiger partial charge on any atom is -0.338 e. The molecule has 2 amide bonds. The van der Waals surface area contributed by atoms with Crippen molar-refractivity contribution in [3.63, 3.8) is 0 Å². The number of amides is 2. The molecule has 0 aromatic carbocycles. The van der Waals surface area contributed by atoms with Crippen LogP contribution in [0.15, 0.2) is 18.7 Å². The van der Waals surface area contributed by atoms with Crippen molar-refractivity contribution in [3.05, 3.63) is 18.7 Å². The molecule has 0 saturated carbocycles. The van der Waals surface area contributed by atoms with Gasteiger partial charge in [0.1, 0.15) is 6.33 Å². The first-order valence-corrected chi connectivity index (χ1v) is 4.18. The van der Waals surface area contributed by atoms with E-state index < -0.39 is 0 Å². The van der Waals surface area contributed by atoms with Gasteiger partial charge in [0.25, 0.3) is 0 Å². The van der Waals surface area contributed by atoms with Crippen LogP contribution in [0, 0.1) is 0 Å². The van der Waals surface area contributed by atoms with Crippen molar-refractivity contribution < 1.29 is 4.79 Å². The molecule has 1 aliphatic rings. The SMILES string of the molecule is O=C1NCCCN1c1cncnc1. The van der Waals surface area contributed by atoms with Gasteiger partial charge in [-0.05, 0) is 6.42 Å². The molecular weight excluding hydrogens is 168 g/mol. The highest BCUT2D eigenvalue weighted by Gasteiger charge is 2.18. The average molecular weight is 178 g/mol. The molecule has 0 unspecified atom stereocenters. The summed E-state index contributed by atoms with van der Waals surface area (Å²) in [6.45, 7) is 1.49. The number of carbonyl (C=O) groups is 1. The quantitative estimate of drug-likeness (QED) is 0.677. The van der Waals surface area contributed by atoms with Crippen LogP contribution in [0.3, 0.4) is 0 Å². The third kappa shape index (κ3) is 1.58. The lowest BCUT2D eigenvalue weighted by molar-refractivity contribution is 0.243. The van der Waals surface area contributed by atoms with Gasteiger partial charge in [-0.15, -0.1) is 0 Å². The van der Waals surface area contributed by atoms with Crippen LogP contribution >= 0.6 is 0 Å². The van der Waals surface area contributed by atoms with Gasteiger partial charge >= 0.3 is 6.03 Å².